The number of benzene rings is 1. The molecule has 4 bridgehead atoms. The summed E-state index contributed by atoms with van der Waals surface area (Å²) >= 11 is 0. The molecule has 3 N–H and O–H groups in total. The summed E-state index contributed by atoms with van der Waals surface area (Å²) in [7, 11) is 3.26. The lowest BCUT2D eigenvalue weighted by atomic mass is 9.48. The maximum atomic E-state index is 12.5. The van der Waals surface area contributed by atoms with Crippen molar-refractivity contribution in [3.05, 3.63) is 35.5 Å². The van der Waals surface area contributed by atoms with Gasteiger partial charge in [0.1, 0.15) is 34.6 Å². The summed E-state index contributed by atoms with van der Waals surface area (Å²) in [6, 6.07) is 8.01. The van der Waals surface area contributed by atoms with Crippen LogP contribution in [0.4, 0.5) is 16.6 Å². The molecule has 214 valence electrons. The number of carbonyl (C=O) groups is 1. The number of methoxy groups -OCH3 is 2. The highest BCUT2D eigenvalue weighted by molar-refractivity contribution is 5.68. The topological polar surface area (TPSA) is 130 Å². The fraction of sp³-hybridized carbons (Fsp3) is 0.600. The van der Waals surface area contributed by atoms with Gasteiger partial charge in [-0.05, 0) is 94.2 Å². The van der Waals surface area contributed by atoms with E-state index in [2.05, 4.69) is 32.0 Å². The van der Waals surface area contributed by atoms with Gasteiger partial charge in [0.25, 0.3) is 0 Å². The number of anilines is 2. The molecular formula is C30H40N6O4. The van der Waals surface area contributed by atoms with Crippen molar-refractivity contribution >= 4 is 17.9 Å². The van der Waals surface area contributed by atoms with Crippen LogP contribution in [0.2, 0.25) is 0 Å². The summed E-state index contributed by atoms with van der Waals surface area (Å²) in [5.74, 6) is 4.00. The maximum Gasteiger partial charge on any atom is 0.407 e. The average molecular weight is 549 g/mol. The zero-order valence-corrected chi connectivity index (χ0v) is 24.0. The third-order valence-electron chi connectivity index (χ3n) is 8.55. The van der Waals surface area contributed by atoms with Crippen LogP contribution in [0, 0.1) is 34.5 Å². The molecule has 1 amide bonds. The van der Waals surface area contributed by atoms with E-state index < -0.39 is 5.60 Å². The van der Waals surface area contributed by atoms with E-state index in [-0.39, 0.29) is 17.6 Å². The van der Waals surface area contributed by atoms with E-state index in [9.17, 15) is 10.1 Å². The lowest BCUT2D eigenvalue weighted by Crippen LogP contribution is -2.60. The molecule has 4 aliphatic carbocycles. The molecular weight excluding hydrogens is 508 g/mol. The Balaban J connectivity index is 1.25. The van der Waals surface area contributed by atoms with Crippen LogP contribution < -0.4 is 25.4 Å². The second-order valence-corrected chi connectivity index (χ2v) is 12.6. The van der Waals surface area contributed by atoms with Crippen molar-refractivity contribution in [3.63, 3.8) is 0 Å². The number of ether oxygens (including phenoxy) is 3. The molecule has 1 aromatic heterocycles. The Kier molecular flexibility index (Phi) is 7.67. The number of aromatic nitrogens is 2. The van der Waals surface area contributed by atoms with Crippen LogP contribution in [0.3, 0.4) is 0 Å². The zero-order chi connectivity index (χ0) is 28.5. The third kappa shape index (κ3) is 6.03. The Morgan fingerprint density at radius 2 is 1.88 bits per heavy atom. The molecule has 0 saturated heterocycles. The Bertz CT molecular complexity index is 1270. The van der Waals surface area contributed by atoms with Gasteiger partial charge < -0.3 is 30.2 Å². The van der Waals surface area contributed by atoms with Crippen molar-refractivity contribution in [2.75, 3.05) is 31.4 Å². The molecule has 4 aliphatic rings. The smallest absolute Gasteiger partial charge is 0.407 e. The largest absolute Gasteiger partial charge is 0.497 e. The molecule has 1 aromatic carbocycles. The number of alkyl carbamates (subject to hydrolysis) is 1. The van der Waals surface area contributed by atoms with E-state index in [1.54, 1.807) is 20.4 Å². The standard InChI is InChI=1S/C30H40N6O4/c1-29(2,3)40-28(37)35-25-19-8-18-9-20(25)13-30(11-18,12-19)17-34-26-22(14-31)16-33-27(36-26)32-15-21-10-23(38-4)6-7-24(21)39-5/h6-7,10,16,18-20,25H,8-9,11-13,15,17H2,1-5H3,(H,35,37)(H2,32,33,34,36)/t18?,19-,20+,25?,30?. The lowest BCUT2D eigenvalue weighted by molar-refractivity contribution is -0.0703. The Morgan fingerprint density at radius 1 is 1.12 bits per heavy atom. The minimum absolute atomic E-state index is 0.127. The van der Waals surface area contributed by atoms with Crippen LogP contribution in [-0.2, 0) is 11.3 Å². The molecule has 4 fully saturated rings. The number of hydrogen-bond acceptors (Lipinski definition) is 9. The monoisotopic (exact) mass is 548 g/mol. The first-order valence-electron chi connectivity index (χ1n) is 14.1. The van der Waals surface area contributed by atoms with Crippen LogP contribution in [-0.4, -0.2) is 48.5 Å². The SMILES string of the molecule is COc1ccc(OC)c(CNc2ncc(C#N)c(NCC34CC5C[C@H](C3)C(NC(=O)OC(C)(C)C)[C@@H](C5)C4)n2)c1. The Hall–Kier alpha value is -3.74. The quantitative estimate of drug-likeness (QED) is 0.391. The van der Waals surface area contributed by atoms with Crippen LogP contribution in [0.25, 0.3) is 0 Å². The van der Waals surface area contributed by atoms with Gasteiger partial charge in [0.05, 0.1) is 20.4 Å². The summed E-state index contributed by atoms with van der Waals surface area (Å²) in [6.45, 7) is 6.85. The molecule has 2 aromatic rings. The number of nitriles is 1. The highest BCUT2D eigenvalue weighted by atomic mass is 16.6. The van der Waals surface area contributed by atoms with Gasteiger partial charge in [0.15, 0.2) is 0 Å². The number of nitrogens with one attached hydrogen (secondary N) is 3. The predicted octanol–water partition coefficient (Wildman–Crippen LogP) is 5.11. The molecule has 0 spiro atoms. The van der Waals surface area contributed by atoms with Crippen molar-refractivity contribution in [2.45, 2.75) is 71.1 Å². The second kappa shape index (κ2) is 11.0. The summed E-state index contributed by atoms with van der Waals surface area (Å²) in [5, 5.41) is 19.7. The maximum absolute atomic E-state index is 12.5. The lowest BCUT2D eigenvalue weighted by Gasteiger charge is -2.60. The van der Waals surface area contributed by atoms with Crippen molar-refractivity contribution in [2.24, 2.45) is 23.2 Å². The van der Waals surface area contributed by atoms with E-state index in [1.807, 2.05) is 39.0 Å². The first kappa shape index (κ1) is 27.8. The highest BCUT2D eigenvalue weighted by Crippen LogP contribution is 2.60. The van der Waals surface area contributed by atoms with Crippen molar-refractivity contribution < 1.29 is 19.0 Å². The number of hydrogen-bond donors (Lipinski definition) is 3. The van der Waals surface area contributed by atoms with E-state index in [1.165, 1.54) is 6.42 Å². The van der Waals surface area contributed by atoms with Gasteiger partial charge >= 0.3 is 6.09 Å². The molecule has 0 aliphatic heterocycles. The van der Waals surface area contributed by atoms with Gasteiger partial charge in [-0.2, -0.15) is 10.2 Å². The van der Waals surface area contributed by atoms with Gasteiger partial charge in [-0.1, -0.05) is 0 Å². The second-order valence-electron chi connectivity index (χ2n) is 12.6. The van der Waals surface area contributed by atoms with E-state index in [0.29, 0.717) is 41.6 Å². The van der Waals surface area contributed by atoms with Gasteiger partial charge in [-0.15, -0.1) is 0 Å². The zero-order valence-electron chi connectivity index (χ0n) is 24.0. The summed E-state index contributed by atoms with van der Waals surface area (Å²) in [4.78, 5) is 21.6. The fourth-order valence-corrected chi connectivity index (χ4v) is 7.24. The number of amides is 1. The molecule has 10 heteroatoms. The molecule has 10 nitrogen and oxygen atoms in total. The van der Waals surface area contributed by atoms with E-state index >= 15 is 0 Å². The van der Waals surface area contributed by atoms with Crippen LogP contribution >= 0.6 is 0 Å². The van der Waals surface area contributed by atoms with Crippen LogP contribution in [0.1, 0.15) is 64.0 Å². The van der Waals surface area contributed by atoms with Gasteiger partial charge in [-0.3, -0.25) is 0 Å². The van der Waals surface area contributed by atoms with Gasteiger partial charge in [0, 0.05) is 24.7 Å². The van der Waals surface area contributed by atoms with Crippen molar-refractivity contribution in [1.29, 1.82) is 5.26 Å². The summed E-state index contributed by atoms with van der Waals surface area (Å²) in [6.07, 6.45) is 6.79. The Morgan fingerprint density at radius 3 is 2.52 bits per heavy atom. The predicted molar refractivity (Wildman–Crippen MR) is 151 cm³/mol. The molecule has 4 saturated carbocycles. The molecule has 0 radical (unpaired) electrons. The van der Waals surface area contributed by atoms with Gasteiger partial charge in [0.2, 0.25) is 5.95 Å². The first-order chi connectivity index (χ1) is 19.1. The molecule has 5 atom stereocenters. The molecule has 40 heavy (non-hydrogen) atoms. The number of carbonyl (C=O) groups excluding carboxylic acids is 1. The van der Waals surface area contributed by atoms with Crippen LogP contribution in [0.5, 0.6) is 11.5 Å². The summed E-state index contributed by atoms with van der Waals surface area (Å²) in [5.41, 5.74) is 0.943. The number of nitrogens with zero attached hydrogens (tertiary/aromatic N) is 3. The minimum Gasteiger partial charge on any atom is -0.497 e. The van der Waals surface area contributed by atoms with E-state index in [4.69, 9.17) is 14.2 Å². The first-order valence-corrected chi connectivity index (χ1v) is 14.1. The van der Waals surface area contributed by atoms with Crippen LogP contribution in [0.15, 0.2) is 24.4 Å². The number of rotatable bonds is 9. The molecule has 1 heterocycles. The normalized spacial score (nSPS) is 26.5. The highest BCUT2D eigenvalue weighted by Gasteiger charge is 2.55. The average Bonchev–Trinajstić information content (AvgIpc) is 2.91. The minimum atomic E-state index is -0.509. The fourth-order valence-electron chi connectivity index (χ4n) is 7.24. The van der Waals surface area contributed by atoms with Gasteiger partial charge in [-0.25, -0.2) is 9.78 Å². The molecule has 6 rings (SSSR count). The third-order valence-corrected chi connectivity index (χ3v) is 8.55. The summed E-state index contributed by atoms with van der Waals surface area (Å²) < 4.78 is 16.4. The molecule has 3 unspecified atom stereocenters. The van der Waals surface area contributed by atoms with Crippen molar-refractivity contribution in [3.8, 4) is 17.6 Å². The van der Waals surface area contributed by atoms with Crippen molar-refractivity contribution in [1.82, 2.24) is 15.3 Å². The Labute approximate surface area is 236 Å². The van der Waals surface area contributed by atoms with E-state index in [0.717, 1.165) is 49.3 Å².